The van der Waals surface area contributed by atoms with Gasteiger partial charge in [-0.25, -0.2) is 0 Å². The molecule has 0 fully saturated rings. The van der Waals surface area contributed by atoms with E-state index in [0.29, 0.717) is 30.8 Å². The summed E-state index contributed by atoms with van der Waals surface area (Å²) in [6.45, 7) is 3.24. The van der Waals surface area contributed by atoms with Crippen molar-refractivity contribution in [2.24, 2.45) is 0 Å². The second-order valence-corrected chi connectivity index (χ2v) is 7.78. The molecule has 0 spiro atoms. The number of aliphatic hydroxyl groups is 1. The average molecular weight is 446 g/mol. The molecule has 0 bridgehead atoms. The number of benzene rings is 2. The average Bonchev–Trinajstić information content (AvgIpc) is 3.37. The second kappa shape index (κ2) is 9.24. The highest BCUT2D eigenvalue weighted by Gasteiger charge is 2.37. The maximum absolute atomic E-state index is 13.2. The third kappa shape index (κ3) is 4.46. The highest BCUT2D eigenvalue weighted by atomic mass is 19.4. The monoisotopic (exact) mass is 446 g/mol. The Bertz CT molecular complexity index is 1210. The molecule has 0 radical (unpaired) electrons. The minimum absolute atomic E-state index is 0.0346. The number of aryl methyl sites for hydroxylation is 2. The van der Waals surface area contributed by atoms with Crippen LogP contribution in [0.5, 0.6) is 5.75 Å². The van der Waals surface area contributed by atoms with Crippen LogP contribution in [-0.4, -0.2) is 28.0 Å². The van der Waals surface area contributed by atoms with Crippen molar-refractivity contribution in [3.63, 3.8) is 0 Å². The van der Waals surface area contributed by atoms with Gasteiger partial charge in [0.1, 0.15) is 5.75 Å². The first-order valence-electron chi connectivity index (χ1n) is 10.7. The Kier molecular flexibility index (Phi) is 6.41. The summed E-state index contributed by atoms with van der Waals surface area (Å²) < 4.78 is 52.6. The molecule has 5 nitrogen and oxygen atoms in total. The number of halogens is 3. The molecule has 0 aliphatic carbocycles. The second-order valence-electron chi connectivity index (χ2n) is 7.78. The first kappa shape index (κ1) is 22.2. The number of alkyl halides is 3. The molecule has 1 N–H and O–H groups in total. The van der Waals surface area contributed by atoms with E-state index in [2.05, 4.69) is 21.9 Å². The van der Waals surface area contributed by atoms with Crippen LogP contribution in [0, 0.1) is 0 Å². The minimum atomic E-state index is -4.56. The molecule has 2 heterocycles. The number of rotatable bonds is 9. The summed E-state index contributed by atoms with van der Waals surface area (Å²) >= 11 is 0. The van der Waals surface area contributed by atoms with Gasteiger partial charge in [-0.3, -0.25) is 0 Å². The van der Waals surface area contributed by atoms with Gasteiger partial charge in [0, 0.05) is 30.4 Å². The van der Waals surface area contributed by atoms with Gasteiger partial charge in [-0.15, -0.1) is 0 Å². The molecular weight excluding hydrogens is 421 g/mol. The number of hydrogen-bond acceptors (Lipinski definition) is 4. The van der Waals surface area contributed by atoms with Crippen molar-refractivity contribution < 1.29 is 27.5 Å². The summed E-state index contributed by atoms with van der Waals surface area (Å²) in [7, 11) is 0. The Labute approximate surface area is 183 Å². The van der Waals surface area contributed by atoms with Gasteiger partial charge in [0.15, 0.2) is 11.3 Å². The molecule has 0 aliphatic rings. The van der Waals surface area contributed by atoms with E-state index in [1.54, 1.807) is 6.07 Å². The fraction of sp³-hybridized carbons (Fsp3) is 0.375. The molecule has 8 heteroatoms. The molecule has 0 atom stereocenters. The lowest BCUT2D eigenvalue weighted by atomic mass is 10.0. The molecule has 0 saturated heterocycles. The normalized spacial score (nSPS) is 12.2. The van der Waals surface area contributed by atoms with Crippen molar-refractivity contribution >= 4 is 21.9 Å². The van der Waals surface area contributed by atoms with Crippen LogP contribution in [-0.2, 0) is 25.6 Å². The van der Waals surface area contributed by atoms with Gasteiger partial charge in [-0.1, -0.05) is 24.6 Å². The van der Waals surface area contributed by atoms with E-state index in [0.717, 1.165) is 35.9 Å². The number of hydrogen-bond donors (Lipinski definition) is 1. The van der Waals surface area contributed by atoms with E-state index < -0.39 is 11.9 Å². The van der Waals surface area contributed by atoms with Crippen LogP contribution in [0.3, 0.4) is 0 Å². The van der Waals surface area contributed by atoms with E-state index in [1.807, 2.05) is 25.3 Å². The van der Waals surface area contributed by atoms with Crippen LogP contribution >= 0.6 is 0 Å². The third-order valence-electron chi connectivity index (χ3n) is 5.51. The molecule has 0 amide bonds. The highest BCUT2D eigenvalue weighted by molar-refractivity contribution is 5.85. The summed E-state index contributed by atoms with van der Waals surface area (Å²) in [6.07, 6.45) is 0.110. The van der Waals surface area contributed by atoms with Crippen molar-refractivity contribution in [1.82, 2.24) is 9.72 Å². The Morgan fingerprint density at radius 2 is 1.97 bits per heavy atom. The molecule has 2 aromatic heterocycles. The standard InChI is InChI=1S/C24H25F3N2O3/c1-2-4-18-21(8-6-19-22(18)32-28-23(19)24(25,26)27)31-14-3-11-29-12-9-17-15-16(10-13-30)5-7-20(17)29/h5-9,12,15,30H,2-4,10-11,13-14H2,1H3. The zero-order valence-corrected chi connectivity index (χ0v) is 17.8. The summed E-state index contributed by atoms with van der Waals surface area (Å²) in [6, 6.07) is 11.1. The summed E-state index contributed by atoms with van der Waals surface area (Å²) in [4.78, 5) is 0. The lowest BCUT2D eigenvalue weighted by Gasteiger charge is -2.12. The summed E-state index contributed by atoms with van der Waals surface area (Å²) in [5.74, 6) is 0.537. The Balaban J connectivity index is 1.45. The van der Waals surface area contributed by atoms with Crippen LogP contribution < -0.4 is 4.74 Å². The Hall–Kier alpha value is -3.00. The lowest BCUT2D eigenvalue weighted by molar-refractivity contribution is -0.141. The quantitative estimate of drug-likeness (QED) is 0.332. The summed E-state index contributed by atoms with van der Waals surface area (Å²) in [5, 5.41) is 13.4. The maximum Gasteiger partial charge on any atom is 0.437 e. The lowest BCUT2D eigenvalue weighted by Crippen LogP contribution is -2.06. The molecule has 2 aromatic carbocycles. The topological polar surface area (TPSA) is 60.4 Å². The van der Waals surface area contributed by atoms with E-state index in [4.69, 9.17) is 14.4 Å². The largest absolute Gasteiger partial charge is 0.493 e. The van der Waals surface area contributed by atoms with Crippen LogP contribution in [0.1, 0.15) is 36.6 Å². The molecule has 170 valence electrons. The van der Waals surface area contributed by atoms with Gasteiger partial charge in [0.2, 0.25) is 0 Å². The third-order valence-corrected chi connectivity index (χ3v) is 5.51. The van der Waals surface area contributed by atoms with E-state index in [1.165, 1.54) is 6.07 Å². The molecule has 0 saturated carbocycles. The number of aliphatic hydroxyl groups excluding tert-OH is 1. The van der Waals surface area contributed by atoms with Gasteiger partial charge in [0.05, 0.1) is 12.0 Å². The molecule has 0 aliphatic heterocycles. The van der Waals surface area contributed by atoms with E-state index in [-0.39, 0.29) is 17.6 Å². The molecular formula is C24H25F3N2O3. The smallest absolute Gasteiger partial charge is 0.437 e. The van der Waals surface area contributed by atoms with Crippen LogP contribution in [0.15, 0.2) is 47.1 Å². The summed E-state index contributed by atoms with van der Waals surface area (Å²) in [5.41, 5.74) is 1.97. The zero-order valence-electron chi connectivity index (χ0n) is 17.8. The van der Waals surface area contributed by atoms with Crippen molar-refractivity contribution in [2.45, 2.75) is 45.3 Å². The number of nitrogens with zero attached hydrogens (tertiary/aromatic N) is 2. The predicted octanol–water partition coefficient (Wildman–Crippen LogP) is 5.76. The predicted molar refractivity (Wildman–Crippen MR) is 116 cm³/mol. The fourth-order valence-electron chi connectivity index (χ4n) is 4.01. The first-order chi connectivity index (χ1) is 15.4. The highest BCUT2D eigenvalue weighted by Crippen LogP contribution is 2.38. The SMILES string of the molecule is CCCc1c(OCCCn2ccc3cc(CCO)ccc32)ccc2c(C(F)(F)F)noc12. The van der Waals surface area contributed by atoms with Crippen molar-refractivity contribution in [2.75, 3.05) is 13.2 Å². The van der Waals surface area contributed by atoms with Gasteiger partial charge < -0.3 is 18.9 Å². The number of fused-ring (bicyclic) bond motifs is 2. The van der Waals surface area contributed by atoms with Crippen LogP contribution in [0.2, 0.25) is 0 Å². The Morgan fingerprint density at radius 3 is 2.72 bits per heavy atom. The van der Waals surface area contributed by atoms with Crippen molar-refractivity contribution in [3.05, 3.63) is 59.4 Å². The van der Waals surface area contributed by atoms with Gasteiger partial charge in [0.25, 0.3) is 0 Å². The van der Waals surface area contributed by atoms with Gasteiger partial charge >= 0.3 is 6.18 Å². The molecule has 32 heavy (non-hydrogen) atoms. The van der Waals surface area contributed by atoms with E-state index >= 15 is 0 Å². The van der Waals surface area contributed by atoms with Crippen LogP contribution in [0.4, 0.5) is 13.2 Å². The van der Waals surface area contributed by atoms with Gasteiger partial charge in [-0.05, 0) is 60.5 Å². The van der Waals surface area contributed by atoms with Crippen molar-refractivity contribution in [1.29, 1.82) is 0 Å². The maximum atomic E-state index is 13.2. The van der Waals surface area contributed by atoms with Gasteiger partial charge in [-0.2, -0.15) is 13.2 Å². The Morgan fingerprint density at radius 1 is 1.12 bits per heavy atom. The number of ether oxygens (including phenoxy) is 1. The number of aromatic nitrogens is 2. The zero-order chi connectivity index (χ0) is 22.7. The first-order valence-corrected chi connectivity index (χ1v) is 10.7. The molecule has 4 rings (SSSR count). The van der Waals surface area contributed by atoms with Crippen molar-refractivity contribution in [3.8, 4) is 5.75 Å². The molecule has 4 aromatic rings. The fourth-order valence-corrected chi connectivity index (χ4v) is 4.01. The van der Waals surface area contributed by atoms with E-state index in [9.17, 15) is 13.2 Å². The molecule has 0 unspecified atom stereocenters. The van der Waals surface area contributed by atoms with Crippen LogP contribution in [0.25, 0.3) is 21.9 Å². The minimum Gasteiger partial charge on any atom is -0.493 e.